The van der Waals surface area contributed by atoms with E-state index in [0.29, 0.717) is 5.69 Å². The van der Waals surface area contributed by atoms with Gasteiger partial charge in [0.2, 0.25) is 10.0 Å². The predicted molar refractivity (Wildman–Crippen MR) is 101 cm³/mol. The van der Waals surface area contributed by atoms with E-state index in [1.54, 1.807) is 0 Å². The van der Waals surface area contributed by atoms with Crippen LogP contribution in [0.1, 0.15) is 35.7 Å². The van der Waals surface area contributed by atoms with Gasteiger partial charge in [0.05, 0.1) is 5.02 Å². The van der Waals surface area contributed by atoms with Crippen molar-refractivity contribution in [3.05, 3.63) is 58.6 Å². The summed E-state index contributed by atoms with van der Waals surface area (Å²) in [5.74, 6) is -0.147. The fraction of sp³-hybridized carbons (Fsp3) is 0.278. The number of hydrogen-bond acceptors (Lipinski definition) is 3. The molecule has 0 saturated heterocycles. The van der Waals surface area contributed by atoms with Gasteiger partial charge in [0.1, 0.15) is 4.90 Å². The van der Waals surface area contributed by atoms with Crippen molar-refractivity contribution in [2.75, 3.05) is 19.4 Å². The lowest BCUT2D eigenvalue weighted by atomic mass is 10.0. The van der Waals surface area contributed by atoms with Gasteiger partial charge in [-0.2, -0.15) is 0 Å². The summed E-state index contributed by atoms with van der Waals surface area (Å²) in [4.78, 5) is 12.5. The zero-order chi connectivity index (χ0) is 18.8. The van der Waals surface area contributed by atoms with Crippen molar-refractivity contribution in [2.45, 2.75) is 24.7 Å². The van der Waals surface area contributed by atoms with E-state index in [0.717, 1.165) is 9.87 Å². The van der Waals surface area contributed by atoms with E-state index in [-0.39, 0.29) is 27.3 Å². The van der Waals surface area contributed by atoms with Crippen molar-refractivity contribution in [1.29, 1.82) is 0 Å². The number of hydrogen-bond donors (Lipinski definition) is 1. The molecular formula is C18H21ClN2O3S. The van der Waals surface area contributed by atoms with E-state index in [4.69, 9.17) is 11.6 Å². The van der Waals surface area contributed by atoms with Crippen LogP contribution in [0.5, 0.6) is 0 Å². The number of anilines is 1. The lowest BCUT2D eigenvalue weighted by Gasteiger charge is -2.15. The highest BCUT2D eigenvalue weighted by molar-refractivity contribution is 7.89. The average molecular weight is 381 g/mol. The summed E-state index contributed by atoms with van der Waals surface area (Å²) < 4.78 is 25.7. The van der Waals surface area contributed by atoms with Crippen molar-refractivity contribution >= 4 is 33.2 Å². The molecule has 0 aromatic heterocycles. The number of amides is 1. The number of halogens is 1. The van der Waals surface area contributed by atoms with Crippen LogP contribution in [0.3, 0.4) is 0 Å². The Morgan fingerprint density at radius 1 is 1.12 bits per heavy atom. The molecule has 0 aliphatic heterocycles. The van der Waals surface area contributed by atoms with Crippen molar-refractivity contribution in [2.24, 2.45) is 0 Å². The van der Waals surface area contributed by atoms with E-state index in [1.807, 2.05) is 38.1 Å². The third-order valence-electron chi connectivity index (χ3n) is 3.78. The molecule has 25 heavy (non-hydrogen) atoms. The standard InChI is InChI=1S/C18H21ClN2O3S/c1-12(2)14-7-5-6-8-16(14)20-18(22)13-9-10-15(19)17(11-13)25(23,24)21(3)4/h5-12H,1-4H3,(H,20,22). The smallest absolute Gasteiger partial charge is 0.255 e. The molecule has 0 radical (unpaired) electrons. The van der Waals surface area contributed by atoms with Crippen LogP contribution in [-0.4, -0.2) is 32.7 Å². The molecule has 0 spiro atoms. The fourth-order valence-electron chi connectivity index (χ4n) is 2.35. The van der Waals surface area contributed by atoms with Gasteiger partial charge >= 0.3 is 0 Å². The average Bonchev–Trinajstić information content (AvgIpc) is 2.55. The zero-order valence-electron chi connectivity index (χ0n) is 14.6. The number of benzene rings is 2. The van der Waals surface area contributed by atoms with Crippen LogP contribution in [0.2, 0.25) is 5.02 Å². The molecule has 7 heteroatoms. The second-order valence-electron chi connectivity index (χ2n) is 6.13. The quantitative estimate of drug-likeness (QED) is 0.853. The highest BCUT2D eigenvalue weighted by Crippen LogP contribution is 2.27. The van der Waals surface area contributed by atoms with E-state index in [1.165, 1.54) is 32.3 Å². The topological polar surface area (TPSA) is 66.5 Å². The summed E-state index contributed by atoms with van der Waals surface area (Å²) in [6, 6.07) is 11.7. The second kappa shape index (κ2) is 7.56. The number of sulfonamides is 1. The molecule has 1 amide bonds. The number of carbonyl (C=O) groups excluding carboxylic acids is 1. The maximum atomic E-state index is 12.6. The number of rotatable bonds is 5. The van der Waals surface area contributed by atoms with Crippen LogP contribution in [0, 0.1) is 0 Å². The van der Waals surface area contributed by atoms with Crippen molar-refractivity contribution in [1.82, 2.24) is 4.31 Å². The molecule has 1 N–H and O–H groups in total. The predicted octanol–water partition coefficient (Wildman–Crippen LogP) is 3.97. The summed E-state index contributed by atoms with van der Waals surface area (Å²) in [6.45, 7) is 4.07. The largest absolute Gasteiger partial charge is 0.322 e. The highest BCUT2D eigenvalue weighted by atomic mass is 35.5. The van der Waals surface area contributed by atoms with Crippen LogP contribution < -0.4 is 5.32 Å². The van der Waals surface area contributed by atoms with Gasteiger partial charge in [-0.1, -0.05) is 43.6 Å². The van der Waals surface area contributed by atoms with Gasteiger partial charge in [0.15, 0.2) is 0 Å². The minimum absolute atomic E-state index is 0.0767. The van der Waals surface area contributed by atoms with Crippen molar-refractivity contribution in [3.8, 4) is 0 Å². The molecule has 0 unspecified atom stereocenters. The SMILES string of the molecule is CC(C)c1ccccc1NC(=O)c1ccc(Cl)c(S(=O)(=O)N(C)C)c1. The minimum atomic E-state index is -3.74. The van der Waals surface area contributed by atoms with Crippen molar-refractivity contribution < 1.29 is 13.2 Å². The van der Waals surface area contributed by atoms with E-state index >= 15 is 0 Å². The Balaban J connectivity index is 2.39. The molecule has 0 bridgehead atoms. The Bertz CT molecular complexity index is 893. The first-order valence-corrected chi connectivity index (χ1v) is 9.58. The summed E-state index contributed by atoms with van der Waals surface area (Å²) in [7, 11) is -0.909. The van der Waals surface area contributed by atoms with Crippen LogP contribution in [0.25, 0.3) is 0 Å². The van der Waals surface area contributed by atoms with Gasteiger partial charge in [0, 0.05) is 25.3 Å². The Kier molecular flexibility index (Phi) is 5.87. The number of carbonyl (C=O) groups is 1. The number of para-hydroxylation sites is 1. The monoisotopic (exact) mass is 380 g/mol. The Morgan fingerprint density at radius 2 is 1.76 bits per heavy atom. The number of nitrogens with zero attached hydrogens (tertiary/aromatic N) is 1. The Morgan fingerprint density at radius 3 is 2.36 bits per heavy atom. The highest BCUT2D eigenvalue weighted by Gasteiger charge is 2.22. The first-order valence-electron chi connectivity index (χ1n) is 7.77. The molecule has 2 rings (SSSR count). The zero-order valence-corrected chi connectivity index (χ0v) is 16.1. The van der Waals surface area contributed by atoms with Gasteiger partial charge in [-0.3, -0.25) is 4.79 Å². The molecule has 5 nitrogen and oxygen atoms in total. The van der Waals surface area contributed by atoms with Gasteiger partial charge in [-0.25, -0.2) is 12.7 Å². The molecule has 0 aliphatic rings. The lowest BCUT2D eigenvalue weighted by molar-refractivity contribution is 0.102. The summed E-state index contributed by atoms with van der Waals surface area (Å²) >= 11 is 6.02. The van der Waals surface area contributed by atoms with Crippen molar-refractivity contribution in [3.63, 3.8) is 0 Å². The molecule has 0 heterocycles. The third-order valence-corrected chi connectivity index (χ3v) is 6.08. The van der Waals surface area contributed by atoms with Gasteiger partial charge in [0.25, 0.3) is 5.91 Å². The first-order chi connectivity index (χ1) is 11.6. The van der Waals surface area contributed by atoms with E-state index in [9.17, 15) is 13.2 Å². The summed E-state index contributed by atoms with van der Waals surface area (Å²) in [6.07, 6.45) is 0. The maximum Gasteiger partial charge on any atom is 0.255 e. The maximum absolute atomic E-state index is 12.6. The van der Waals surface area contributed by atoms with Crippen LogP contribution >= 0.6 is 11.6 Å². The fourth-order valence-corrected chi connectivity index (χ4v) is 3.74. The van der Waals surface area contributed by atoms with Crippen LogP contribution in [-0.2, 0) is 10.0 Å². The van der Waals surface area contributed by atoms with E-state index < -0.39 is 10.0 Å². The van der Waals surface area contributed by atoms with Crippen LogP contribution in [0.4, 0.5) is 5.69 Å². The molecular weight excluding hydrogens is 360 g/mol. The Labute approximate surface area is 153 Å². The number of nitrogens with one attached hydrogen (secondary N) is 1. The van der Waals surface area contributed by atoms with Gasteiger partial charge in [-0.05, 0) is 35.7 Å². The molecule has 0 fully saturated rings. The molecule has 0 atom stereocenters. The second-order valence-corrected chi connectivity index (χ2v) is 8.66. The summed E-state index contributed by atoms with van der Waals surface area (Å²) in [5.41, 5.74) is 1.93. The molecule has 2 aromatic rings. The summed E-state index contributed by atoms with van der Waals surface area (Å²) in [5, 5.41) is 2.92. The molecule has 0 saturated carbocycles. The molecule has 2 aromatic carbocycles. The van der Waals surface area contributed by atoms with Gasteiger partial charge in [-0.15, -0.1) is 0 Å². The lowest BCUT2D eigenvalue weighted by Crippen LogP contribution is -2.23. The normalized spacial score (nSPS) is 11.8. The third kappa shape index (κ3) is 4.21. The Hall–Kier alpha value is -1.89. The molecule has 134 valence electrons. The minimum Gasteiger partial charge on any atom is -0.322 e. The van der Waals surface area contributed by atoms with E-state index in [2.05, 4.69) is 5.32 Å². The van der Waals surface area contributed by atoms with Gasteiger partial charge < -0.3 is 5.32 Å². The van der Waals surface area contributed by atoms with Crippen LogP contribution in [0.15, 0.2) is 47.4 Å². The first kappa shape index (κ1) is 19.4. The molecule has 0 aliphatic carbocycles.